The summed E-state index contributed by atoms with van der Waals surface area (Å²) in [7, 11) is 3.54. The molecule has 1 heterocycles. The van der Waals surface area contributed by atoms with Crippen LogP contribution in [0, 0.1) is 0 Å². The Hall–Kier alpha value is -1.14. The van der Waals surface area contributed by atoms with Crippen molar-refractivity contribution in [3.8, 4) is 0 Å². The summed E-state index contributed by atoms with van der Waals surface area (Å²) in [6.45, 7) is -0.129. The zero-order chi connectivity index (χ0) is 9.14. The standard InChI is InChI=1S/C6H13N5O/c1-8-6-10-9-5(11(6)2)4(7)3-12/h4,12H,3,7H2,1-2H3,(H,8,10)/t4-/m0/s1. The molecule has 0 spiro atoms. The zero-order valence-electron chi connectivity index (χ0n) is 7.15. The van der Waals surface area contributed by atoms with Crippen molar-refractivity contribution in [2.75, 3.05) is 19.0 Å². The van der Waals surface area contributed by atoms with Crippen molar-refractivity contribution < 1.29 is 5.11 Å². The summed E-state index contributed by atoms with van der Waals surface area (Å²) in [4.78, 5) is 0. The fraction of sp³-hybridized carbons (Fsp3) is 0.667. The largest absolute Gasteiger partial charge is 0.394 e. The summed E-state index contributed by atoms with van der Waals surface area (Å²) in [6, 6.07) is -0.468. The Morgan fingerprint density at radius 1 is 1.67 bits per heavy atom. The molecule has 0 bridgehead atoms. The van der Waals surface area contributed by atoms with Crippen LogP contribution in [0.5, 0.6) is 0 Å². The molecule has 0 amide bonds. The first kappa shape index (κ1) is 8.95. The normalized spacial score (nSPS) is 13.0. The van der Waals surface area contributed by atoms with Crippen LogP contribution in [0.25, 0.3) is 0 Å². The first-order valence-electron chi connectivity index (χ1n) is 3.64. The Morgan fingerprint density at radius 3 is 2.75 bits per heavy atom. The minimum absolute atomic E-state index is 0.129. The molecule has 0 saturated carbocycles. The maximum atomic E-state index is 8.77. The van der Waals surface area contributed by atoms with Crippen molar-refractivity contribution in [1.29, 1.82) is 0 Å². The molecular weight excluding hydrogens is 158 g/mol. The molecule has 0 saturated heterocycles. The van der Waals surface area contributed by atoms with Crippen LogP contribution in [0.3, 0.4) is 0 Å². The predicted octanol–water partition coefficient (Wildman–Crippen LogP) is -1.15. The molecule has 0 aliphatic heterocycles. The molecule has 68 valence electrons. The van der Waals surface area contributed by atoms with Crippen LogP contribution >= 0.6 is 0 Å². The van der Waals surface area contributed by atoms with Crippen molar-refractivity contribution in [3.63, 3.8) is 0 Å². The molecule has 6 nitrogen and oxygen atoms in total. The smallest absolute Gasteiger partial charge is 0.224 e. The molecule has 4 N–H and O–H groups in total. The van der Waals surface area contributed by atoms with Crippen molar-refractivity contribution in [1.82, 2.24) is 14.8 Å². The molecule has 0 unspecified atom stereocenters. The molecule has 12 heavy (non-hydrogen) atoms. The highest BCUT2D eigenvalue weighted by atomic mass is 16.3. The molecule has 0 aromatic carbocycles. The number of nitrogens with one attached hydrogen (secondary N) is 1. The third-order valence-electron chi connectivity index (χ3n) is 1.66. The van der Waals surface area contributed by atoms with Gasteiger partial charge in [0.25, 0.3) is 0 Å². The van der Waals surface area contributed by atoms with E-state index in [2.05, 4.69) is 15.5 Å². The third-order valence-corrected chi connectivity index (χ3v) is 1.66. The van der Waals surface area contributed by atoms with Gasteiger partial charge in [0.05, 0.1) is 12.6 Å². The molecule has 1 rings (SSSR count). The molecular formula is C6H13N5O. The van der Waals surface area contributed by atoms with E-state index in [-0.39, 0.29) is 6.61 Å². The van der Waals surface area contributed by atoms with Gasteiger partial charge in [-0.05, 0) is 0 Å². The van der Waals surface area contributed by atoms with E-state index < -0.39 is 6.04 Å². The Kier molecular flexibility index (Phi) is 2.61. The van der Waals surface area contributed by atoms with E-state index in [4.69, 9.17) is 10.8 Å². The maximum absolute atomic E-state index is 8.77. The van der Waals surface area contributed by atoms with Crippen molar-refractivity contribution in [2.45, 2.75) is 6.04 Å². The zero-order valence-corrected chi connectivity index (χ0v) is 7.15. The lowest BCUT2D eigenvalue weighted by Crippen LogP contribution is -2.19. The molecule has 0 aliphatic rings. The number of anilines is 1. The fourth-order valence-corrected chi connectivity index (χ4v) is 0.964. The number of aliphatic hydroxyl groups is 1. The van der Waals surface area contributed by atoms with Crippen LogP contribution in [0.1, 0.15) is 11.9 Å². The summed E-state index contributed by atoms with van der Waals surface area (Å²) in [5.41, 5.74) is 5.56. The van der Waals surface area contributed by atoms with Crippen LogP contribution < -0.4 is 11.1 Å². The molecule has 0 fully saturated rings. The second-order valence-electron chi connectivity index (χ2n) is 2.48. The predicted molar refractivity (Wildman–Crippen MR) is 44.6 cm³/mol. The SMILES string of the molecule is CNc1nnc([C@@H](N)CO)n1C. The van der Waals surface area contributed by atoms with E-state index in [0.717, 1.165) is 0 Å². The van der Waals surface area contributed by atoms with E-state index in [1.54, 1.807) is 18.7 Å². The van der Waals surface area contributed by atoms with E-state index in [0.29, 0.717) is 11.8 Å². The maximum Gasteiger partial charge on any atom is 0.224 e. The van der Waals surface area contributed by atoms with Gasteiger partial charge in [0.1, 0.15) is 0 Å². The van der Waals surface area contributed by atoms with Gasteiger partial charge in [-0.2, -0.15) is 0 Å². The van der Waals surface area contributed by atoms with E-state index >= 15 is 0 Å². The van der Waals surface area contributed by atoms with E-state index in [1.807, 2.05) is 0 Å². The summed E-state index contributed by atoms with van der Waals surface area (Å²) < 4.78 is 1.71. The summed E-state index contributed by atoms with van der Waals surface area (Å²) in [5.74, 6) is 1.20. The summed E-state index contributed by atoms with van der Waals surface area (Å²) >= 11 is 0. The monoisotopic (exact) mass is 171 g/mol. The molecule has 1 aromatic heterocycles. The number of hydrogen-bond donors (Lipinski definition) is 3. The third kappa shape index (κ3) is 1.39. The number of aliphatic hydroxyl groups excluding tert-OH is 1. The van der Waals surface area contributed by atoms with Crippen LogP contribution in [0.15, 0.2) is 0 Å². The summed E-state index contributed by atoms with van der Waals surface area (Å²) in [5, 5.41) is 19.3. The fourth-order valence-electron chi connectivity index (χ4n) is 0.964. The number of nitrogens with two attached hydrogens (primary N) is 1. The number of rotatable bonds is 3. The van der Waals surface area contributed by atoms with Gasteiger partial charge in [0.2, 0.25) is 5.95 Å². The lowest BCUT2D eigenvalue weighted by atomic mass is 10.3. The first-order valence-corrected chi connectivity index (χ1v) is 3.64. The quantitative estimate of drug-likeness (QED) is 0.534. The van der Waals surface area contributed by atoms with Gasteiger partial charge in [-0.1, -0.05) is 0 Å². The highest BCUT2D eigenvalue weighted by Gasteiger charge is 2.13. The minimum Gasteiger partial charge on any atom is -0.394 e. The Bertz CT molecular complexity index is 258. The number of aromatic nitrogens is 3. The highest BCUT2D eigenvalue weighted by molar-refractivity contribution is 5.24. The average Bonchev–Trinajstić information content (AvgIpc) is 2.45. The molecule has 6 heteroatoms. The first-order chi connectivity index (χ1) is 5.70. The Morgan fingerprint density at radius 2 is 2.33 bits per heavy atom. The topological polar surface area (TPSA) is 89.0 Å². The van der Waals surface area contributed by atoms with E-state index in [1.165, 1.54) is 0 Å². The second-order valence-corrected chi connectivity index (χ2v) is 2.48. The van der Waals surface area contributed by atoms with Crippen LogP contribution in [-0.4, -0.2) is 33.5 Å². The average molecular weight is 171 g/mol. The minimum atomic E-state index is -0.468. The van der Waals surface area contributed by atoms with Crippen LogP contribution in [-0.2, 0) is 7.05 Å². The molecule has 0 aliphatic carbocycles. The summed E-state index contributed by atoms with van der Waals surface area (Å²) in [6.07, 6.45) is 0. The second kappa shape index (κ2) is 3.51. The van der Waals surface area contributed by atoms with Crippen molar-refractivity contribution >= 4 is 5.95 Å². The van der Waals surface area contributed by atoms with Gasteiger partial charge in [-0.3, -0.25) is 4.57 Å². The molecule has 1 atom stereocenters. The van der Waals surface area contributed by atoms with Gasteiger partial charge in [-0.15, -0.1) is 10.2 Å². The van der Waals surface area contributed by atoms with Gasteiger partial charge >= 0.3 is 0 Å². The van der Waals surface area contributed by atoms with E-state index in [9.17, 15) is 0 Å². The van der Waals surface area contributed by atoms with Gasteiger partial charge in [0, 0.05) is 14.1 Å². The lowest BCUT2D eigenvalue weighted by molar-refractivity contribution is 0.261. The molecule has 0 radical (unpaired) electrons. The Balaban J connectivity index is 2.93. The van der Waals surface area contributed by atoms with Crippen LogP contribution in [0.4, 0.5) is 5.95 Å². The highest BCUT2D eigenvalue weighted by Crippen LogP contribution is 2.09. The van der Waals surface area contributed by atoms with Gasteiger partial charge in [0.15, 0.2) is 5.82 Å². The van der Waals surface area contributed by atoms with Gasteiger partial charge < -0.3 is 16.2 Å². The Labute approximate surface area is 70.4 Å². The van der Waals surface area contributed by atoms with Crippen LogP contribution in [0.2, 0.25) is 0 Å². The molecule has 1 aromatic rings. The van der Waals surface area contributed by atoms with Crippen molar-refractivity contribution in [2.24, 2.45) is 12.8 Å². The number of hydrogen-bond acceptors (Lipinski definition) is 5. The number of nitrogens with zero attached hydrogens (tertiary/aromatic N) is 3. The lowest BCUT2D eigenvalue weighted by Gasteiger charge is -2.07. The van der Waals surface area contributed by atoms with Crippen molar-refractivity contribution in [3.05, 3.63) is 5.82 Å². The van der Waals surface area contributed by atoms with Gasteiger partial charge in [-0.25, -0.2) is 0 Å².